The summed E-state index contributed by atoms with van der Waals surface area (Å²) in [5.74, 6) is -1.85. The first-order valence-corrected chi connectivity index (χ1v) is 8.29. The van der Waals surface area contributed by atoms with Crippen molar-refractivity contribution in [1.82, 2.24) is 4.90 Å². The summed E-state index contributed by atoms with van der Waals surface area (Å²) in [5.41, 5.74) is 3.78. The number of methoxy groups -OCH3 is 1. The molecule has 26 heavy (non-hydrogen) atoms. The Hall–Kier alpha value is -2.00. The van der Waals surface area contributed by atoms with Gasteiger partial charge in [-0.3, -0.25) is 0 Å². The molecule has 2 rings (SSSR count). The first-order valence-electron chi connectivity index (χ1n) is 8.29. The van der Waals surface area contributed by atoms with Gasteiger partial charge in [0, 0.05) is 25.5 Å². The van der Waals surface area contributed by atoms with E-state index in [0.717, 1.165) is 7.11 Å². The van der Waals surface area contributed by atoms with Gasteiger partial charge in [0.1, 0.15) is 11.7 Å². The highest BCUT2D eigenvalue weighted by atomic mass is 19.4. The van der Waals surface area contributed by atoms with Gasteiger partial charge in [0.2, 0.25) is 0 Å². The maximum Gasteiger partial charge on any atom is 0.421 e. The fraction of sp³-hybridized carbons (Fsp3) is 0.529. The van der Waals surface area contributed by atoms with Crippen LogP contribution in [-0.4, -0.2) is 44.5 Å². The highest BCUT2D eigenvalue weighted by Crippen LogP contribution is 2.43. The van der Waals surface area contributed by atoms with Crippen LogP contribution in [0.25, 0.3) is 0 Å². The number of benzene rings is 1. The van der Waals surface area contributed by atoms with Gasteiger partial charge in [0.05, 0.1) is 26.0 Å². The zero-order valence-electron chi connectivity index (χ0n) is 14.7. The molecule has 2 N–H and O–H groups in total. The molecule has 146 valence electrons. The number of alkyl halides is 3. The van der Waals surface area contributed by atoms with Crippen LogP contribution in [0.1, 0.15) is 18.9 Å². The summed E-state index contributed by atoms with van der Waals surface area (Å²) in [7, 11) is 1.13. The molecule has 0 spiro atoms. The second-order valence-corrected chi connectivity index (χ2v) is 5.71. The summed E-state index contributed by atoms with van der Waals surface area (Å²) in [6, 6.07) is 2.43. The van der Waals surface area contributed by atoms with Crippen molar-refractivity contribution < 1.29 is 27.0 Å². The number of hydrogen-bond donors (Lipinski definition) is 1. The minimum absolute atomic E-state index is 0.246. The third-order valence-electron chi connectivity index (χ3n) is 4.11. The Kier molecular flexibility index (Phi) is 6.71. The third-order valence-corrected chi connectivity index (χ3v) is 4.11. The van der Waals surface area contributed by atoms with Crippen LogP contribution in [0, 0.1) is 5.82 Å². The molecule has 9 heteroatoms. The van der Waals surface area contributed by atoms with Crippen molar-refractivity contribution in [2.75, 3.05) is 38.3 Å². The van der Waals surface area contributed by atoms with Crippen molar-refractivity contribution in [3.05, 3.63) is 35.9 Å². The average molecular weight is 377 g/mol. The molecule has 0 bridgehead atoms. The molecule has 0 aliphatic carbocycles. The Morgan fingerprint density at radius 3 is 2.50 bits per heavy atom. The van der Waals surface area contributed by atoms with Crippen LogP contribution in [0.3, 0.4) is 0 Å². The molecule has 1 aliphatic rings. The largest absolute Gasteiger partial charge is 0.494 e. The van der Waals surface area contributed by atoms with E-state index in [9.17, 15) is 17.6 Å². The van der Waals surface area contributed by atoms with Crippen molar-refractivity contribution in [2.24, 2.45) is 5.73 Å². The minimum Gasteiger partial charge on any atom is -0.494 e. The lowest BCUT2D eigenvalue weighted by Gasteiger charge is -2.33. The molecule has 1 aromatic rings. The summed E-state index contributed by atoms with van der Waals surface area (Å²) in [4.78, 5) is 3.28. The first kappa shape index (κ1) is 20.3. The van der Waals surface area contributed by atoms with Gasteiger partial charge in [-0.15, -0.1) is 0 Å². The lowest BCUT2D eigenvalue weighted by atomic mass is 10.1. The van der Waals surface area contributed by atoms with E-state index >= 15 is 0 Å². The summed E-state index contributed by atoms with van der Waals surface area (Å²) in [6.07, 6.45) is -1.48. The van der Waals surface area contributed by atoms with Gasteiger partial charge in [-0.05, 0) is 18.6 Å². The number of nitrogens with zero attached hydrogens (tertiary/aromatic N) is 2. The van der Waals surface area contributed by atoms with Crippen LogP contribution in [0.5, 0.6) is 5.75 Å². The molecule has 0 aromatic heterocycles. The standard InChI is InChI=1S/C17H23F4N3O2/c1-3-14-23(9-11-26-10-6-22)7-8-24(14)12-4-5-13(25-2)16(18)15(12)17(19,20)21/h4-5,7-8,14H,3,6,9-11,22H2,1-2H3. The smallest absolute Gasteiger partial charge is 0.421 e. The molecule has 0 saturated carbocycles. The number of rotatable bonds is 8. The number of anilines is 1. The molecular weight excluding hydrogens is 354 g/mol. The van der Waals surface area contributed by atoms with Gasteiger partial charge < -0.3 is 25.0 Å². The molecule has 0 saturated heterocycles. The van der Waals surface area contributed by atoms with Gasteiger partial charge in [-0.25, -0.2) is 4.39 Å². The van der Waals surface area contributed by atoms with Crippen molar-refractivity contribution in [3.63, 3.8) is 0 Å². The van der Waals surface area contributed by atoms with Crippen molar-refractivity contribution in [1.29, 1.82) is 0 Å². The average Bonchev–Trinajstić information content (AvgIpc) is 3.00. The van der Waals surface area contributed by atoms with Crippen molar-refractivity contribution >= 4 is 5.69 Å². The van der Waals surface area contributed by atoms with E-state index in [0.29, 0.717) is 32.7 Å². The van der Waals surface area contributed by atoms with E-state index in [1.165, 1.54) is 23.2 Å². The zero-order chi connectivity index (χ0) is 19.3. The van der Waals surface area contributed by atoms with Crippen LogP contribution in [-0.2, 0) is 10.9 Å². The maximum atomic E-state index is 14.4. The molecule has 5 nitrogen and oxygen atoms in total. The van der Waals surface area contributed by atoms with E-state index in [1.807, 2.05) is 11.8 Å². The van der Waals surface area contributed by atoms with Crippen molar-refractivity contribution in [2.45, 2.75) is 25.7 Å². The quantitative estimate of drug-likeness (QED) is 0.557. The second kappa shape index (κ2) is 8.59. The van der Waals surface area contributed by atoms with E-state index in [1.54, 1.807) is 6.20 Å². The number of halogens is 4. The van der Waals surface area contributed by atoms with Crippen LogP contribution in [0.15, 0.2) is 24.5 Å². The summed E-state index contributed by atoms with van der Waals surface area (Å²) < 4.78 is 64.9. The lowest BCUT2D eigenvalue weighted by molar-refractivity contribution is -0.139. The molecule has 0 radical (unpaired) electrons. The number of nitrogens with two attached hydrogens (primary N) is 1. The molecule has 1 aromatic carbocycles. The normalized spacial score (nSPS) is 17.3. The zero-order valence-corrected chi connectivity index (χ0v) is 14.7. The minimum atomic E-state index is -4.85. The molecule has 0 fully saturated rings. The topological polar surface area (TPSA) is 51.0 Å². The molecular formula is C17H23F4N3O2. The van der Waals surface area contributed by atoms with Crippen molar-refractivity contribution in [3.8, 4) is 5.75 Å². The fourth-order valence-corrected chi connectivity index (χ4v) is 2.96. The summed E-state index contributed by atoms with van der Waals surface area (Å²) in [5, 5.41) is 0. The SMILES string of the molecule is CCC1N(CCOCCN)C=CN1c1ccc(OC)c(F)c1C(F)(F)F. The summed E-state index contributed by atoms with van der Waals surface area (Å²) >= 11 is 0. The molecule has 1 atom stereocenters. The van der Waals surface area contributed by atoms with Gasteiger partial charge in [-0.2, -0.15) is 13.2 Å². The molecule has 1 unspecified atom stereocenters. The molecule has 0 amide bonds. The number of hydrogen-bond acceptors (Lipinski definition) is 5. The highest BCUT2D eigenvalue weighted by molar-refractivity contribution is 5.61. The Balaban J connectivity index is 2.30. The monoisotopic (exact) mass is 377 g/mol. The Morgan fingerprint density at radius 2 is 1.92 bits per heavy atom. The Labute approximate surface area is 149 Å². The van der Waals surface area contributed by atoms with Crippen LogP contribution in [0.2, 0.25) is 0 Å². The van der Waals surface area contributed by atoms with Crippen LogP contribution >= 0.6 is 0 Å². The second-order valence-electron chi connectivity index (χ2n) is 5.71. The Morgan fingerprint density at radius 1 is 1.19 bits per heavy atom. The maximum absolute atomic E-state index is 14.4. The predicted octanol–water partition coefficient (Wildman–Crippen LogP) is 3.16. The third kappa shape index (κ3) is 4.21. The predicted molar refractivity (Wildman–Crippen MR) is 90.2 cm³/mol. The van der Waals surface area contributed by atoms with E-state index in [-0.39, 0.29) is 11.9 Å². The van der Waals surface area contributed by atoms with Gasteiger partial charge in [-0.1, -0.05) is 6.92 Å². The lowest BCUT2D eigenvalue weighted by Crippen LogP contribution is -2.40. The highest BCUT2D eigenvalue weighted by Gasteiger charge is 2.41. The Bertz CT molecular complexity index is 637. The van der Waals surface area contributed by atoms with Crippen LogP contribution in [0.4, 0.5) is 23.2 Å². The molecule has 1 aliphatic heterocycles. The number of ether oxygens (including phenoxy) is 2. The van der Waals surface area contributed by atoms with Gasteiger partial charge in [0.25, 0.3) is 0 Å². The molecule has 1 heterocycles. The fourth-order valence-electron chi connectivity index (χ4n) is 2.96. The van der Waals surface area contributed by atoms with Gasteiger partial charge in [0.15, 0.2) is 11.6 Å². The summed E-state index contributed by atoms with van der Waals surface area (Å²) in [6.45, 7) is 3.56. The van der Waals surface area contributed by atoms with Crippen LogP contribution < -0.4 is 15.4 Å². The first-order chi connectivity index (χ1) is 12.3. The van der Waals surface area contributed by atoms with E-state index in [2.05, 4.69) is 0 Å². The van der Waals surface area contributed by atoms with E-state index < -0.39 is 23.3 Å². The van der Waals surface area contributed by atoms with Gasteiger partial charge >= 0.3 is 6.18 Å². The van der Waals surface area contributed by atoms with E-state index in [4.69, 9.17) is 15.2 Å².